The van der Waals surface area contributed by atoms with Crippen molar-refractivity contribution in [2.45, 2.75) is 59.2 Å². The molecule has 1 aromatic rings. The third-order valence-electron chi connectivity index (χ3n) is 3.73. The minimum atomic E-state index is -1.35. The van der Waals surface area contributed by atoms with E-state index in [0.29, 0.717) is 17.5 Å². The van der Waals surface area contributed by atoms with E-state index in [9.17, 15) is 19.5 Å². The molecule has 1 heterocycles. The molecule has 0 aromatic carbocycles. The summed E-state index contributed by atoms with van der Waals surface area (Å²) in [5, 5.41) is 11.9. The lowest BCUT2D eigenvalue weighted by atomic mass is 9.99. The average Bonchev–Trinajstić information content (AvgIpc) is 2.58. The molecule has 0 bridgehead atoms. The van der Waals surface area contributed by atoms with E-state index in [1.807, 2.05) is 6.92 Å². The number of aromatic nitrogens is 1. The van der Waals surface area contributed by atoms with Crippen LogP contribution in [0, 0.1) is 5.92 Å². The zero-order valence-electron chi connectivity index (χ0n) is 16.9. The molecule has 0 saturated carbocycles. The molecule has 2 unspecified atom stereocenters. The highest BCUT2D eigenvalue weighted by molar-refractivity contribution is 5.94. The summed E-state index contributed by atoms with van der Waals surface area (Å²) in [4.78, 5) is 39.7. The van der Waals surface area contributed by atoms with E-state index < -0.39 is 29.6 Å². The fraction of sp³-hybridized carbons (Fsp3) is 0.500. The highest BCUT2D eigenvalue weighted by Gasteiger charge is 2.29. The van der Waals surface area contributed by atoms with E-state index in [4.69, 9.17) is 9.47 Å². The van der Waals surface area contributed by atoms with Gasteiger partial charge in [0.15, 0.2) is 5.92 Å². The Bertz CT molecular complexity index is 739. The van der Waals surface area contributed by atoms with Gasteiger partial charge in [0, 0.05) is 11.8 Å². The number of ether oxygens (including phenoxy) is 2. The maximum Gasteiger partial charge on any atom is 0.413 e. The molecule has 1 rings (SSSR count). The predicted octanol–water partition coefficient (Wildman–Crippen LogP) is 3.66. The van der Waals surface area contributed by atoms with Gasteiger partial charge in [-0.25, -0.2) is 9.78 Å². The van der Waals surface area contributed by atoms with Gasteiger partial charge in [0.1, 0.15) is 11.4 Å². The van der Waals surface area contributed by atoms with Crippen LogP contribution in [0.3, 0.4) is 0 Å². The van der Waals surface area contributed by atoms with Crippen molar-refractivity contribution in [3.8, 4) is 0 Å². The van der Waals surface area contributed by atoms with Gasteiger partial charge in [-0.05, 0) is 52.2 Å². The van der Waals surface area contributed by atoms with Crippen molar-refractivity contribution in [1.29, 1.82) is 0 Å². The first-order chi connectivity index (χ1) is 13.0. The molecule has 0 aliphatic rings. The standard InChI is InChI=1S/C20H28N2O6/c1-7-12(3)27-18(25)15(17(23)24)10-13-9-14(8-2)16(21-11-13)22-19(26)28-20(4,5)6/h8-9,11-12,15H,2,7,10H2,1,3-6H3,(H,23,24)(H,21,22,26). The lowest BCUT2D eigenvalue weighted by Crippen LogP contribution is -2.30. The maximum absolute atomic E-state index is 12.1. The van der Waals surface area contributed by atoms with E-state index in [1.165, 1.54) is 12.3 Å². The number of amides is 1. The molecule has 1 amide bonds. The van der Waals surface area contributed by atoms with Crippen molar-refractivity contribution in [3.63, 3.8) is 0 Å². The van der Waals surface area contributed by atoms with Crippen molar-refractivity contribution in [2.24, 2.45) is 5.92 Å². The quantitative estimate of drug-likeness (QED) is 0.512. The molecule has 2 N–H and O–H groups in total. The van der Waals surface area contributed by atoms with Crippen LogP contribution in [-0.4, -0.2) is 39.8 Å². The summed E-state index contributed by atoms with van der Waals surface area (Å²) in [7, 11) is 0. The normalized spacial score (nSPS) is 13.2. The molecule has 0 radical (unpaired) electrons. The SMILES string of the molecule is C=Cc1cc(CC(C(=O)O)C(=O)OC(C)CC)cnc1NC(=O)OC(C)(C)C. The number of anilines is 1. The fourth-order valence-corrected chi connectivity index (χ4v) is 2.17. The number of nitrogens with zero attached hydrogens (tertiary/aromatic N) is 1. The van der Waals surface area contributed by atoms with E-state index in [-0.39, 0.29) is 18.3 Å². The molecule has 8 heteroatoms. The number of carboxylic acid groups (broad SMARTS) is 1. The first kappa shape index (κ1) is 23.1. The van der Waals surface area contributed by atoms with Crippen LogP contribution < -0.4 is 5.32 Å². The number of hydrogen-bond acceptors (Lipinski definition) is 6. The van der Waals surface area contributed by atoms with Gasteiger partial charge < -0.3 is 14.6 Å². The van der Waals surface area contributed by atoms with Gasteiger partial charge in [0.2, 0.25) is 0 Å². The van der Waals surface area contributed by atoms with Gasteiger partial charge in [-0.3, -0.25) is 14.9 Å². The zero-order valence-corrected chi connectivity index (χ0v) is 16.9. The second-order valence-corrected chi connectivity index (χ2v) is 7.36. The number of esters is 1. The molecular weight excluding hydrogens is 364 g/mol. The largest absolute Gasteiger partial charge is 0.481 e. The van der Waals surface area contributed by atoms with Crippen LogP contribution in [0.25, 0.3) is 6.08 Å². The highest BCUT2D eigenvalue weighted by Crippen LogP contribution is 2.20. The molecule has 0 spiro atoms. The summed E-state index contributed by atoms with van der Waals surface area (Å²) in [5.74, 6) is -3.19. The first-order valence-electron chi connectivity index (χ1n) is 9.01. The number of hydrogen-bond donors (Lipinski definition) is 2. The monoisotopic (exact) mass is 392 g/mol. The van der Waals surface area contributed by atoms with Gasteiger partial charge in [0.05, 0.1) is 6.10 Å². The third-order valence-corrected chi connectivity index (χ3v) is 3.73. The molecule has 8 nitrogen and oxygen atoms in total. The van der Waals surface area contributed by atoms with E-state index >= 15 is 0 Å². The molecular formula is C20H28N2O6. The molecule has 28 heavy (non-hydrogen) atoms. The van der Waals surface area contributed by atoms with Crippen LogP contribution in [0.5, 0.6) is 0 Å². The number of carbonyl (C=O) groups excluding carboxylic acids is 2. The summed E-state index contributed by atoms with van der Waals surface area (Å²) >= 11 is 0. The Labute approximate surface area is 164 Å². The second-order valence-electron chi connectivity index (χ2n) is 7.36. The summed E-state index contributed by atoms with van der Waals surface area (Å²) in [6, 6.07) is 1.61. The Kier molecular flexibility index (Phi) is 8.16. The van der Waals surface area contributed by atoms with Crippen molar-refractivity contribution >= 4 is 29.9 Å². The average molecular weight is 392 g/mol. The maximum atomic E-state index is 12.1. The summed E-state index contributed by atoms with van der Waals surface area (Å²) in [6.07, 6.45) is 2.33. The van der Waals surface area contributed by atoms with Crippen LogP contribution in [0.1, 0.15) is 52.2 Å². The van der Waals surface area contributed by atoms with Crippen LogP contribution >= 0.6 is 0 Å². The molecule has 2 atom stereocenters. The number of nitrogens with one attached hydrogen (secondary N) is 1. The van der Waals surface area contributed by atoms with E-state index in [0.717, 1.165) is 0 Å². The van der Waals surface area contributed by atoms with Crippen molar-refractivity contribution in [2.75, 3.05) is 5.32 Å². The van der Waals surface area contributed by atoms with Crippen LogP contribution in [-0.2, 0) is 25.5 Å². The topological polar surface area (TPSA) is 115 Å². The smallest absolute Gasteiger partial charge is 0.413 e. The molecule has 0 fully saturated rings. The lowest BCUT2D eigenvalue weighted by Gasteiger charge is -2.20. The van der Waals surface area contributed by atoms with Crippen LogP contribution in [0.15, 0.2) is 18.8 Å². The Hall–Kier alpha value is -2.90. The Balaban J connectivity index is 2.97. The van der Waals surface area contributed by atoms with Gasteiger partial charge in [-0.1, -0.05) is 19.6 Å². The Morgan fingerprint density at radius 2 is 2.00 bits per heavy atom. The number of carbonyl (C=O) groups is 3. The summed E-state index contributed by atoms with van der Waals surface area (Å²) in [6.45, 7) is 12.4. The molecule has 0 aliphatic heterocycles. The van der Waals surface area contributed by atoms with Crippen molar-refractivity contribution in [3.05, 3.63) is 30.0 Å². The van der Waals surface area contributed by atoms with Crippen LogP contribution in [0.4, 0.5) is 10.6 Å². The van der Waals surface area contributed by atoms with Crippen molar-refractivity contribution in [1.82, 2.24) is 4.98 Å². The number of pyridine rings is 1. The van der Waals surface area contributed by atoms with Gasteiger partial charge >= 0.3 is 18.0 Å². The highest BCUT2D eigenvalue weighted by atomic mass is 16.6. The molecule has 154 valence electrons. The number of rotatable bonds is 8. The molecule has 1 aromatic heterocycles. The van der Waals surface area contributed by atoms with Gasteiger partial charge in [0.25, 0.3) is 0 Å². The first-order valence-corrected chi connectivity index (χ1v) is 9.01. The van der Waals surface area contributed by atoms with Gasteiger partial charge in [-0.2, -0.15) is 0 Å². The molecule has 0 saturated heterocycles. The van der Waals surface area contributed by atoms with E-state index in [2.05, 4.69) is 16.9 Å². The van der Waals surface area contributed by atoms with E-state index in [1.54, 1.807) is 33.8 Å². The van der Waals surface area contributed by atoms with Gasteiger partial charge in [-0.15, -0.1) is 0 Å². The minimum absolute atomic E-state index is 0.0921. The fourth-order valence-electron chi connectivity index (χ4n) is 2.17. The minimum Gasteiger partial charge on any atom is -0.481 e. The predicted molar refractivity (Wildman–Crippen MR) is 105 cm³/mol. The summed E-state index contributed by atoms with van der Waals surface area (Å²) in [5.41, 5.74) is 0.309. The van der Waals surface area contributed by atoms with Crippen molar-refractivity contribution < 1.29 is 29.0 Å². The lowest BCUT2D eigenvalue weighted by molar-refractivity contribution is -0.161. The Morgan fingerprint density at radius 1 is 1.36 bits per heavy atom. The third kappa shape index (κ3) is 7.38. The Morgan fingerprint density at radius 3 is 2.50 bits per heavy atom. The second kappa shape index (κ2) is 9.87. The molecule has 0 aliphatic carbocycles. The summed E-state index contributed by atoms with van der Waals surface area (Å²) < 4.78 is 10.3. The zero-order chi connectivity index (χ0) is 21.5. The number of aliphatic carboxylic acids is 1. The number of carboxylic acids is 1. The van der Waals surface area contributed by atoms with Crippen LogP contribution in [0.2, 0.25) is 0 Å².